The quantitative estimate of drug-likeness (QED) is 0.781. The van der Waals surface area contributed by atoms with Gasteiger partial charge in [-0.05, 0) is 17.7 Å². The SMILES string of the molecule is O=C(O)[C@@H](F)Cc1ccc(F)cc1. The Morgan fingerprint density at radius 3 is 2.38 bits per heavy atom. The van der Waals surface area contributed by atoms with Gasteiger partial charge < -0.3 is 5.11 Å². The lowest BCUT2D eigenvalue weighted by Gasteiger charge is -2.02. The number of hydrogen-bond acceptors (Lipinski definition) is 1. The number of alkyl halides is 1. The lowest BCUT2D eigenvalue weighted by Crippen LogP contribution is -2.17. The standard InChI is InChI=1S/C9H8F2O2/c10-7-3-1-6(2-4-7)5-8(11)9(12)13/h1-4,8H,5H2,(H,12,13)/t8-/m0/s1. The molecule has 0 amide bonds. The summed E-state index contributed by atoms with van der Waals surface area (Å²) in [6.07, 6.45) is -2.15. The monoisotopic (exact) mass is 186 g/mol. The van der Waals surface area contributed by atoms with Crippen LogP contribution in [0.2, 0.25) is 0 Å². The number of hydrogen-bond donors (Lipinski definition) is 1. The summed E-state index contributed by atoms with van der Waals surface area (Å²) >= 11 is 0. The number of benzene rings is 1. The van der Waals surface area contributed by atoms with Crippen molar-refractivity contribution in [2.24, 2.45) is 0 Å². The Kier molecular flexibility index (Phi) is 2.95. The normalized spacial score (nSPS) is 12.5. The predicted molar refractivity (Wildman–Crippen MR) is 42.6 cm³/mol. The summed E-state index contributed by atoms with van der Waals surface area (Å²) in [4.78, 5) is 10.1. The van der Waals surface area contributed by atoms with Crippen LogP contribution in [0.15, 0.2) is 24.3 Å². The third-order valence-corrected chi connectivity index (χ3v) is 1.60. The number of aliphatic carboxylic acids is 1. The summed E-state index contributed by atoms with van der Waals surface area (Å²) in [5.74, 6) is -1.92. The van der Waals surface area contributed by atoms with Gasteiger partial charge in [-0.3, -0.25) is 0 Å². The minimum Gasteiger partial charge on any atom is -0.479 e. The number of halogens is 2. The van der Waals surface area contributed by atoms with Crippen LogP contribution in [-0.2, 0) is 11.2 Å². The Bertz CT molecular complexity index is 295. The van der Waals surface area contributed by atoms with Gasteiger partial charge in [0, 0.05) is 6.42 Å². The van der Waals surface area contributed by atoms with Gasteiger partial charge in [-0.2, -0.15) is 0 Å². The molecule has 0 aromatic heterocycles. The first-order valence-corrected chi connectivity index (χ1v) is 3.71. The summed E-state index contributed by atoms with van der Waals surface area (Å²) in [7, 11) is 0. The van der Waals surface area contributed by atoms with Crippen molar-refractivity contribution < 1.29 is 18.7 Å². The Hall–Kier alpha value is -1.45. The van der Waals surface area contributed by atoms with Crippen LogP contribution in [0.1, 0.15) is 5.56 Å². The van der Waals surface area contributed by atoms with Gasteiger partial charge in [0.25, 0.3) is 0 Å². The molecule has 0 aliphatic rings. The first-order valence-electron chi connectivity index (χ1n) is 3.71. The highest BCUT2D eigenvalue weighted by Crippen LogP contribution is 2.07. The first kappa shape index (κ1) is 9.64. The van der Waals surface area contributed by atoms with Crippen molar-refractivity contribution in [2.45, 2.75) is 12.6 Å². The van der Waals surface area contributed by atoms with E-state index in [1.165, 1.54) is 24.3 Å². The fraction of sp³-hybridized carbons (Fsp3) is 0.222. The first-order chi connectivity index (χ1) is 6.09. The van der Waals surface area contributed by atoms with E-state index < -0.39 is 18.0 Å². The molecule has 4 heteroatoms. The molecule has 13 heavy (non-hydrogen) atoms. The second-order valence-electron chi connectivity index (χ2n) is 2.64. The topological polar surface area (TPSA) is 37.3 Å². The zero-order valence-corrected chi connectivity index (χ0v) is 6.71. The molecular weight excluding hydrogens is 178 g/mol. The number of rotatable bonds is 3. The van der Waals surface area contributed by atoms with E-state index in [0.717, 1.165) is 0 Å². The highest BCUT2D eigenvalue weighted by molar-refractivity contribution is 5.72. The molecule has 1 rings (SSSR count). The molecule has 0 radical (unpaired) electrons. The summed E-state index contributed by atoms with van der Waals surface area (Å²) in [5.41, 5.74) is 0.469. The van der Waals surface area contributed by atoms with E-state index in [9.17, 15) is 13.6 Å². The van der Waals surface area contributed by atoms with Crippen LogP contribution in [0.4, 0.5) is 8.78 Å². The molecule has 0 aliphatic heterocycles. The third kappa shape index (κ3) is 2.82. The molecule has 1 N–H and O–H groups in total. The Morgan fingerprint density at radius 1 is 1.38 bits per heavy atom. The largest absolute Gasteiger partial charge is 0.479 e. The molecule has 0 saturated heterocycles. The van der Waals surface area contributed by atoms with Gasteiger partial charge in [0.15, 0.2) is 0 Å². The summed E-state index contributed by atoms with van der Waals surface area (Å²) in [6, 6.07) is 5.07. The smallest absolute Gasteiger partial charge is 0.338 e. The van der Waals surface area contributed by atoms with E-state index in [2.05, 4.69) is 0 Å². The molecule has 0 saturated carbocycles. The van der Waals surface area contributed by atoms with Gasteiger partial charge in [-0.25, -0.2) is 13.6 Å². The highest BCUT2D eigenvalue weighted by Gasteiger charge is 2.15. The second kappa shape index (κ2) is 3.98. The number of carbonyl (C=O) groups is 1. The zero-order chi connectivity index (χ0) is 9.84. The van der Waals surface area contributed by atoms with Crippen LogP contribution in [0.3, 0.4) is 0 Å². The molecule has 2 nitrogen and oxygen atoms in total. The molecule has 0 heterocycles. The Morgan fingerprint density at radius 2 is 1.92 bits per heavy atom. The van der Waals surface area contributed by atoms with Crippen molar-refractivity contribution in [3.05, 3.63) is 35.6 Å². The summed E-state index contributed by atoms with van der Waals surface area (Å²) < 4.78 is 25.0. The van der Waals surface area contributed by atoms with Crippen LogP contribution >= 0.6 is 0 Å². The minimum absolute atomic E-state index is 0.227. The lowest BCUT2D eigenvalue weighted by atomic mass is 10.1. The average Bonchev–Trinajstić information content (AvgIpc) is 2.08. The van der Waals surface area contributed by atoms with E-state index in [0.29, 0.717) is 5.56 Å². The van der Waals surface area contributed by atoms with Crippen LogP contribution in [0, 0.1) is 5.82 Å². The molecular formula is C9H8F2O2. The minimum atomic E-state index is -1.93. The van der Waals surface area contributed by atoms with Crippen molar-refractivity contribution in [3.63, 3.8) is 0 Å². The molecule has 0 unspecified atom stereocenters. The van der Waals surface area contributed by atoms with E-state index in [4.69, 9.17) is 5.11 Å². The Labute approximate surface area is 73.8 Å². The van der Waals surface area contributed by atoms with E-state index in [-0.39, 0.29) is 6.42 Å². The van der Waals surface area contributed by atoms with Crippen molar-refractivity contribution in [2.75, 3.05) is 0 Å². The van der Waals surface area contributed by atoms with E-state index in [1.807, 2.05) is 0 Å². The second-order valence-corrected chi connectivity index (χ2v) is 2.64. The summed E-state index contributed by atoms with van der Waals surface area (Å²) in [6.45, 7) is 0. The van der Waals surface area contributed by atoms with E-state index in [1.54, 1.807) is 0 Å². The van der Waals surface area contributed by atoms with Gasteiger partial charge in [0.2, 0.25) is 6.17 Å². The van der Waals surface area contributed by atoms with Gasteiger partial charge in [0.05, 0.1) is 0 Å². The molecule has 1 aromatic rings. The lowest BCUT2D eigenvalue weighted by molar-refractivity contribution is -0.142. The predicted octanol–water partition coefficient (Wildman–Crippen LogP) is 1.79. The maximum absolute atomic E-state index is 12.6. The van der Waals surface area contributed by atoms with E-state index >= 15 is 0 Å². The molecule has 1 atom stereocenters. The van der Waals surface area contributed by atoms with Crippen LogP contribution in [0.5, 0.6) is 0 Å². The summed E-state index contributed by atoms with van der Waals surface area (Å²) in [5, 5.41) is 8.25. The zero-order valence-electron chi connectivity index (χ0n) is 6.71. The van der Waals surface area contributed by atoms with Crippen molar-refractivity contribution in [3.8, 4) is 0 Å². The average molecular weight is 186 g/mol. The van der Waals surface area contributed by atoms with Gasteiger partial charge in [-0.15, -0.1) is 0 Å². The highest BCUT2D eigenvalue weighted by atomic mass is 19.1. The molecule has 0 aliphatic carbocycles. The molecule has 70 valence electrons. The van der Waals surface area contributed by atoms with Crippen LogP contribution in [0.25, 0.3) is 0 Å². The van der Waals surface area contributed by atoms with Crippen LogP contribution < -0.4 is 0 Å². The van der Waals surface area contributed by atoms with Crippen molar-refractivity contribution in [1.82, 2.24) is 0 Å². The fourth-order valence-electron chi connectivity index (χ4n) is 0.915. The fourth-order valence-corrected chi connectivity index (χ4v) is 0.915. The van der Waals surface area contributed by atoms with Gasteiger partial charge in [-0.1, -0.05) is 12.1 Å². The maximum atomic E-state index is 12.6. The molecule has 0 bridgehead atoms. The molecule has 0 spiro atoms. The molecule has 0 fully saturated rings. The number of carboxylic acid groups (broad SMARTS) is 1. The van der Waals surface area contributed by atoms with Gasteiger partial charge in [0.1, 0.15) is 5.82 Å². The van der Waals surface area contributed by atoms with Crippen molar-refractivity contribution in [1.29, 1.82) is 0 Å². The van der Waals surface area contributed by atoms with Crippen molar-refractivity contribution >= 4 is 5.97 Å². The Balaban J connectivity index is 2.64. The third-order valence-electron chi connectivity index (χ3n) is 1.60. The van der Waals surface area contributed by atoms with Crippen LogP contribution in [-0.4, -0.2) is 17.2 Å². The molecule has 1 aromatic carbocycles. The number of carboxylic acids is 1. The van der Waals surface area contributed by atoms with Gasteiger partial charge >= 0.3 is 5.97 Å². The maximum Gasteiger partial charge on any atom is 0.338 e.